The van der Waals surface area contributed by atoms with Gasteiger partial charge >= 0.3 is 0 Å². The molecule has 36 heavy (non-hydrogen) atoms. The summed E-state index contributed by atoms with van der Waals surface area (Å²) in [4.78, 5) is 23.6. The molecule has 1 unspecified atom stereocenters. The lowest BCUT2D eigenvalue weighted by Crippen LogP contribution is -2.47. The number of pyridine rings is 1. The van der Waals surface area contributed by atoms with Gasteiger partial charge in [-0.05, 0) is 53.6 Å². The smallest absolute Gasteiger partial charge is 0.227 e. The van der Waals surface area contributed by atoms with Crippen LogP contribution in [0, 0.1) is 6.92 Å². The molecule has 1 atom stereocenters. The number of aryl methyl sites for hydroxylation is 2. The molecule has 0 N–H and O–H groups in total. The van der Waals surface area contributed by atoms with Gasteiger partial charge in [-0.1, -0.05) is 39.0 Å². The van der Waals surface area contributed by atoms with Gasteiger partial charge in [0.1, 0.15) is 5.52 Å². The van der Waals surface area contributed by atoms with Gasteiger partial charge < -0.3 is 9.47 Å². The summed E-state index contributed by atoms with van der Waals surface area (Å²) < 4.78 is 2.05. The zero-order chi connectivity index (χ0) is 25.4. The number of anilines is 1. The SMILES string of the molecule is Cc1ccc(C(C)(C)C)cc1Cc1nc(N2CCN(C(C)c3ccncc3)CC2)nc2ncn(C)c12. The van der Waals surface area contributed by atoms with Gasteiger partial charge in [0, 0.05) is 58.1 Å². The van der Waals surface area contributed by atoms with Gasteiger partial charge in [-0.3, -0.25) is 9.88 Å². The summed E-state index contributed by atoms with van der Waals surface area (Å²) in [5, 5.41) is 0. The van der Waals surface area contributed by atoms with Crippen LogP contribution in [0.5, 0.6) is 0 Å². The van der Waals surface area contributed by atoms with E-state index in [0.29, 0.717) is 6.04 Å². The molecule has 3 aromatic heterocycles. The fourth-order valence-electron chi connectivity index (χ4n) is 5.06. The Morgan fingerprint density at radius 1 is 0.972 bits per heavy atom. The number of aromatic nitrogens is 5. The van der Waals surface area contributed by atoms with Gasteiger partial charge in [-0.15, -0.1) is 0 Å². The Hall–Kier alpha value is -3.32. The molecule has 0 amide bonds. The van der Waals surface area contributed by atoms with E-state index in [4.69, 9.17) is 9.97 Å². The first-order chi connectivity index (χ1) is 17.2. The molecule has 188 valence electrons. The number of rotatable bonds is 5. The topological polar surface area (TPSA) is 63.0 Å². The van der Waals surface area contributed by atoms with Crippen molar-refractivity contribution in [2.75, 3.05) is 31.1 Å². The molecule has 1 aliphatic rings. The summed E-state index contributed by atoms with van der Waals surface area (Å²) in [7, 11) is 2.03. The molecule has 0 aliphatic carbocycles. The highest BCUT2D eigenvalue weighted by molar-refractivity contribution is 5.75. The molecule has 4 heterocycles. The predicted octanol–water partition coefficient (Wildman–Crippen LogP) is 4.84. The number of imidazole rings is 1. The van der Waals surface area contributed by atoms with Gasteiger partial charge in [-0.25, -0.2) is 9.97 Å². The Kier molecular flexibility index (Phi) is 6.51. The highest BCUT2D eigenvalue weighted by Crippen LogP contribution is 2.28. The summed E-state index contributed by atoms with van der Waals surface area (Å²) in [6.45, 7) is 15.0. The van der Waals surface area contributed by atoms with Crippen LogP contribution >= 0.6 is 0 Å². The van der Waals surface area contributed by atoms with Crippen LogP contribution < -0.4 is 4.90 Å². The van der Waals surface area contributed by atoms with E-state index in [9.17, 15) is 0 Å². The number of benzene rings is 1. The molecule has 0 bridgehead atoms. The second kappa shape index (κ2) is 9.62. The van der Waals surface area contributed by atoms with E-state index in [1.807, 2.05) is 30.3 Å². The van der Waals surface area contributed by atoms with Crippen molar-refractivity contribution in [2.45, 2.75) is 52.5 Å². The van der Waals surface area contributed by atoms with Crippen LogP contribution in [0.25, 0.3) is 11.2 Å². The summed E-state index contributed by atoms with van der Waals surface area (Å²) in [6.07, 6.45) is 6.36. The Labute approximate surface area is 214 Å². The molecule has 5 rings (SSSR count). The second-order valence-electron chi connectivity index (χ2n) is 11.0. The minimum absolute atomic E-state index is 0.105. The predicted molar refractivity (Wildman–Crippen MR) is 145 cm³/mol. The van der Waals surface area contributed by atoms with E-state index in [2.05, 4.69) is 84.7 Å². The molecule has 0 spiro atoms. The minimum atomic E-state index is 0.105. The largest absolute Gasteiger partial charge is 0.338 e. The molecule has 7 nitrogen and oxygen atoms in total. The Morgan fingerprint density at radius 3 is 2.39 bits per heavy atom. The third-order valence-electron chi connectivity index (χ3n) is 7.54. The van der Waals surface area contributed by atoms with Crippen molar-refractivity contribution in [3.8, 4) is 0 Å². The molecule has 7 heteroatoms. The summed E-state index contributed by atoms with van der Waals surface area (Å²) in [5.41, 5.74) is 8.19. The van der Waals surface area contributed by atoms with Crippen molar-refractivity contribution in [1.82, 2.24) is 29.4 Å². The number of hydrogen-bond acceptors (Lipinski definition) is 6. The van der Waals surface area contributed by atoms with Crippen molar-refractivity contribution >= 4 is 17.1 Å². The summed E-state index contributed by atoms with van der Waals surface area (Å²) in [6, 6.07) is 11.4. The van der Waals surface area contributed by atoms with Crippen LogP contribution in [0.15, 0.2) is 49.1 Å². The van der Waals surface area contributed by atoms with Gasteiger partial charge in [0.2, 0.25) is 5.95 Å². The molecular formula is C29H37N7. The number of piperazine rings is 1. The maximum Gasteiger partial charge on any atom is 0.227 e. The van der Waals surface area contributed by atoms with E-state index in [1.165, 1.54) is 22.3 Å². The minimum Gasteiger partial charge on any atom is -0.338 e. The van der Waals surface area contributed by atoms with Crippen molar-refractivity contribution in [2.24, 2.45) is 7.05 Å². The van der Waals surface area contributed by atoms with E-state index in [-0.39, 0.29) is 5.41 Å². The lowest BCUT2D eigenvalue weighted by atomic mass is 9.84. The lowest BCUT2D eigenvalue weighted by molar-refractivity contribution is 0.197. The van der Waals surface area contributed by atoms with Gasteiger partial charge in [0.15, 0.2) is 5.65 Å². The number of hydrogen-bond donors (Lipinski definition) is 0. The quantitative estimate of drug-likeness (QED) is 0.405. The first kappa shape index (κ1) is 24.4. The third-order valence-corrected chi connectivity index (χ3v) is 7.54. The van der Waals surface area contributed by atoms with Crippen LogP contribution in [0.1, 0.15) is 61.7 Å². The molecule has 0 saturated carbocycles. The van der Waals surface area contributed by atoms with Crippen LogP contribution in [0.3, 0.4) is 0 Å². The first-order valence-electron chi connectivity index (χ1n) is 12.9. The van der Waals surface area contributed by atoms with Crippen molar-refractivity contribution in [3.05, 3.63) is 77.0 Å². The maximum absolute atomic E-state index is 5.14. The average Bonchev–Trinajstić information content (AvgIpc) is 3.25. The van der Waals surface area contributed by atoms with Crippen molar-refractivity contribution < 1.29 is 0 Å². The van der Waals surface area contributed by atoms with Gasteiger partial charge in [0.05, 0.1) is 12.0 Å². The normalized spacial score (nSPS) is 16.0. The Bertz CT molecular complexity index is 1350. The molecule has 1 fully saturated rings. The zero-order valence-corrected chi connectivity index (χ0v) is 22.4. The van der Waals surface area contributed by atoms with Gasteiger partial charge in [0.25, 0.3) is 0 Å². The molecule has 1 saturated heterocycles. The zero-order valence-electron chi connectivity index (χ0n) is 22.4. The van der Waals surface area contributed by atoms with Crippen LogP contribution in [0.4, 0.5) is 5.95 Å². The number of nitrogens with zero attached hydrogens (tertiary/aromatic N) is 7. The van der Waals surface area contributed by atoms with E-state index in [0.717, 1.165) is 55.4 Å². The van der Waals surface area contributed by atoms with E-state index >= 15 is 0 Å². The summed E-state index contributed by atoms with van der Waals surface area (Å²) >= 11 is 0. The second-order valence-corrected chi connectivity index (χ2v) is 11.0. The average molecular weight is 484 g/mol. The molecule has 1 aromatic carbocycles. The van der Waals surface area contributed by atoms with E-state index < -0.39 is 0 Å². The molecule has 1 aliphatic heterocycles. The van der Waals surface area contributed by atoms with E-state index in [1.54, 1.807) is 0 Å². The maximum atomic E-state index is 5.14. The fourth-order valence-corrected chi connectivity index (χ4v) is 5.06. The molecular weight excluding hydrogens is 446 g/mol. The molecule has 4 aromatic rings. The van der Waals surface area contributed by atoms with Crippen LogP contribution in [-0.2, 0) is 18.9 Å². The highest BCUT2D eigenvalue weighted by atomic mass is 15.3. The Morgan fingerprint density at radius 2 is 1.69 bits per heavy atom. The Balaban J connectivity index is 1.41. The van der Waals surface area contributed by atoms with Crippen LogP contribution in [0.2, 0.25) is 0 Å². The van der Waals surface area contributed by atoms with Crippen LogP contribution in [-0.4, -0.2) is 55.6 Å². The third kappa shape index (κ3) is 4.85. The lowest BCUT2D eigenvalue weighted by Gasteiger charge is -2.38. The summed E-state index contributed by atoms with van der Waals surface area (Å²) in [5.74, 6) is 0.789. The molecule has 0 radical (unpaired) electrons. The highest BCUT2D eigenvalue weighted by Gasteiger charge is 2.25. The first-order valence-corrected chi connectivity index (χ1v) is 12.9. The monoisotopic (exact) mass is 483 g/mol. The number of fused-ring (bicyclic) bond motifs is 1. The van der Waals surface area contributed by atoms with Gasteiger partial charge in [-0.2, -0.15) is 4.98 Å². The standard InChI is InChI=1S/C29H37N7/c1-20-7-8-24(29(3,4)5)17-23(20)18-25-26-27(31-19-34(26)6)33-28(32-25)36-15-13-35(14-16-36)21(2)22-9-11-30-12-10-22/h7-12,17,19,21H,13-16,18H2,1-6H3. The fraction of sp³-hybridized carbons (Fsp3) is 0.448. The van der Waals surface area contributed by atoms with Crippen molar-refractivity contribution in [3.63, 3.8) is 0 Å². The van der Waals surface area contributed by atoms with Crippen molar-refractivity contribution in [1.29, 1.82) is 0 Å².